The van der Waals surface area contributed by atoms with Gasteiger partial charge in [-0.05, 0) is 43.4 Å². The molecule has 14 heavy (non-hydrogen) atoms. The van der Waals surface area contributed by atoms with Crippen molar-refractivity contribution in [3.63, 3.8) is 0 Å². The fourth-order valence-corrected chi connectivity index (χ4v) is 1.34. The average Bonchev–Trinajstić information content (AvgIpc) is 2.99. The van der Waals surface area contributed by atoms with Gasteiger partial charge in [0, 0.05) is 0 Å². The Morgan fingerprint density at radius 1 is 1.36 bits per heavy atom. The molecule has 0 aliphatic heterocycles. The lowest BCUT2D eigenvalue weighted by molar-refractivity contribution is 0.199. The van der Waals surface area contributed by atoms with Gasteiger partial charge in [-0.3, -0.25) is 0 Å². The molecule has 0 aromatic heterocycles. The first kappa shape index (κ1) is 9.53. The van der Waals surface area contributed by atoms with E-state index in [1.165, 1.54) is 12.8 Å². The minimum atomic E-state index is -0.396. The Balaban J connectivity index is 1.91. The van der Waals surface area contributed by atoms with Gasteiger partial charge in [-0.25, -0.2) is 0 Å². The smallest absolute Gasteiger partial charge is 0.119 e. The van der Waals surface area contributed by atoms with Crippen LogP contribution in [0.3, 0.4) is 0 Å². The van der Waals surface area contributed by atoms with Crippen LogP contribution in [0.25, 0.3) is 0 Å². The highest BCUT2D eigenvalue weighted by Crippen LogP contribution is 2.29. The molecule has 1 aromatic carbocycles. The highest BCUT2D eigenvalue weighted by atomic mass is 16.5. The number of benzene rings is 1. The van der Waals surface area contributed by atoms with Gasteiger partial charge >= 0.3 is 0 Å². The van der Waals surface area contributed by atoms with Crippen molar-refractivity contribution < 1.29 is 9.84 Å². The van der Waals surface area contributed by atoms with E-state index in [4.69, 9.17) is 4.74 Å². The lowest BCUT2D eigenvalue weighted by Gasteiger charge is -2.07. The number of rotatable bonds is 4. The average molecular weight is 192 g/mol. The predicted molar refractivity (Wildman–Crippen MR) is 55.3 cm³/mol. The van der Waals surface area contributed by atoms with Gasteiger partial charge in [-0.2, -0.15) is 0 Å². The second-order valence-corrected chi connectivity index (χ2v) is 4.00. The van der Waals surface area contributed by atoms with E-state index in [2.05, 4.69) is 0 Å². The van der Waals surface area contributed by atoms with Gasteiger partial charge in [0.15, 0.2) is 0 Å². The highest BCUT2D eigenvalue weighted by molar-refractivity contribution is 5.28. The van der Waals surface area contributed by atoms with Crippen LogP contribution in [0.4, 0.5) is 0 Å². The second-order valence-electron chi connectivity index (χ2n) is 4.00. The van der Waals surface area contributed by atoms with Gasteiger partial charge < -0.3 is 9.84 Å². The minimum absolute atomic E-state index is 0.396. The molecule has 0 unspecified atom stereocenters. The van der Waals surface area contributed by atoms with Crippen LogP contribution >= 0.6 is 0 Å². The summed E-state index contributed by atoms with van der Waals surface area (Å²) in [5, 5.41) is 9.30. The summed E-state index contributed by atoms with van der Waals surface area (Å²) >= 11 is 0. The standard InChI is InChI=1S/C12H16O2/c1-9(13)11-4-6-12(7-5-11)14-8-10-2-3-10/h4-7,9-10,13H,2-3,8H2,1H3/t9-/m0/s1. The Labute approximate surface area is 84.5 Å². The number of ether oxygens (including phenoxy) is 1. The molecule has 76 valence electrons. The summed E-state index contributed by atoms with van der Waals surface area (Å²) in [6.07, 6.45) is 2.23. The maximum absolute atomic E-state index is 9.30. The molecule has 1 N–H and O–H groups in total. The summed E-state index contributed by atoms with van der Waals surface area (Å²) in [6.45, 7) is 2.61. The van der Waals surface area contributed by atoms with E-state index in [-0.39, 0.29) is 0 Å². The normalized spacial score (nSPS) is 17.9. The SMILES string of the molecule is C[C@H](O)c1ccc(OCC2CC2)cc1. The van der Waals surface area contributed by atoms with Crippen LogP contribution in [-0.4, -0.2) is 11.7 Å². The van der Waals surface area contributed by atoms with Crippen molar-refractivity contribution in [2.75, 3.05) is 6.61 Å². The van der Waals surface area contributed by atoms with E-state index in [9.17, 15) is 5.11 Å². The first-order valence-corrected chi connectivity index (χ1v) is 5.16. The van der Waals surface area contributed by atoms with Crippen LogP contribution in [0, 0.1) is 5.92 Å². The van der Waals surface area contributed by atoms with Gasteiger partial charge in [0.2, 0.25) is 0 Å². The molecule has 1 aliphatic carbocycles. The van der Waals surface area contributed by atoms with Gasteiger partial charge in [0.1, 0.15) is 5.75 Å². The molecule has 1 aliphatic rings. The van der Waals surface area contributed by atoms with Gasteiger partial charge in [-0.1, -0.05) is 12.1 Å². The van der Waals surface area contributed by atoms with Crippen LogP contribution in [0.5, 0.6) is 5.75 Å². The van der Waals surface area contributed by atoms with Crippen LogP contribution < -0.4 is 4.74 Å². The lowest BCUT2D eigenvalue weighted by atomic mass is 10.1. The van der Waals surface area contributed by atoms with Crippen LogP contribution in [0.15, 0.2) is 24.3 Å². The van der Waals surface area contributed by atoms with Gasteiger partial charge in [0.05, 0.1) is 12.7 Å². The fourth-order valence-electron chi connectivity index (χ4n) is 1.34. The van der Waals surface area contributed by atoms with Crippen molar-refractivity contribution in [1.82, 2.24) is 0 Å². The maximum Gasteiger partial charge on any atom is 0.119 e. The highest BCUT2D eigenvalue weighted by Gasteiger charge is 2.21. The zero-order chi connectivity index (χ0) is 9.97. The van der Waals surface area contributed by atoms with Crippen molar-refractivity contribution >= 4 is 0 Å². The Morgan fingerprint density at radius 2 is 2.00 bits per heavy atom. The molecule has 2 nitrogen and oxygen atoms in total. The third kappa shape index (κ3) is 2.48. The topological polar surface area (TPSA) is 29.5 Å². The van der Waals surface area contributed by atoms with E-state index < -0.39 is 6.10 Å². The van der Waals surface area contributed by atoms with E-state index in [1.54, 1.807) is 6.92 Å². The minimum Gasteiger partial charge on any atom is -0.493 e. The molecule has 0 amide bonds. The Kier molecular flexibility index (Phi) is 2.73. The van der Waals surface area contributed by atoms with Crippen molar-refractivity contribution in [1.29, 1.82) is 0 Å². The van der Waals surface area contributed by atoms with E-state index in [1.807, 2.05) is 24.3 Å². The number of hydrogen-bond acceptors (Lipinski definition) is 2. The zero-order valence-electron chi connectivity index (χ0n) is 8.44. The molecule has 2 rings (SSSR count). The van der Waals surface area contributed by atoms with E-state index in [0.29, 0.717) is 0 Å². The number of aliphatic hydroxyl groups excluding tert-OH is 1. The maximum atomic E-state index is 9.30. The molecule has 0 saturated heterocycles. The molecule has 1 aromatic rings. The molecule has 0 spiro atoms. The fraction of sp³-hybridized carbons (Fsp3) is 0.500. The van der Waals surface area contributed by atoms with Crippen molar-refractivity contribution in [3.8, 4) is 5.75 Å². The molecular weight excluding hydrogens is 176 g/mol. The van der Waals surface area contributed by atoms with Crippen molar-refractivity contribution in [3.05, 3.63) is 29.8 Å². The second kappa shape index (κ2) is 4.01. The van der Waals surface area contributed by atoms with Crippen molar-refractivity contribution in [2.45, 2.75) is 25.9 Å². The quantitative estimate of drug-likeness (QED) is 0.794. The number of aliphatic hydroxyl groups is 1. The summed E-state index contributed by atoms with van der Waals surface area (Å²) < 4.78 is 5.58. The monoisotopic (exact) mass is 192 g/mol. The third-order valence-electron chi connectivity index (χ3n) is 2.55. The number of hydrogen-bond donors (Lipinski definition) is 1. The molecular formula is C12H16O2. The lowest BCUT2D eigenvalue weighted by Crippen LogP contribution is -1.99. The summed E-state index contributed by atoms with van der Waals surface area (Å²) in [4.78, 5) is 0. The summed E-state index contributed by atoms with van der Waals surface area (Å²) in [7, 11) is 0. The first-order chi connectivity index (χ1) is 6.75. The largest absolute Gasteiger partial charge is 0.493 e. The zero-order valence-corrected chi connectivity index (χ0v) is 8.44. The Hall–Kier alpha value is -1.02. The first-order valence-electron chi connectivity index (χ1n) is 5.16. The van der Waals surface area contributed by atoms with E-state index in [0.717, 1.165) is 23.8 Å². The predicted octanol–water partition coefficient (Wildman–Crippen LogP) is 2.53. The van der Waals surface area contributed by atoms with E-state index >= 15 is 0 Å². The van der Waals surface area contributed by atoms with Crippen LogP contribution in [0.2, 0.25) is 0 Å². The molecule has 0 heterocycles. The van der Waals surface area contributed by atoms with Gasteiger partial charge in [0.25, 0.3) is 0 Å². The van der Waals surface area contributed by atoms with Crippen molar-refractivity contribution in [2.24, 2.45) is 5.92 Å². The summed E-state index contributed by atoms with van der Waals surface area (Å²) in [5.41, 5.74) is 0.934. The Morgan fingerprint density at radius 3 is 2.50 bits per heavy atom. The Bertz CT molecular complexity index is 286. The molecule has 1 fully saturated rings. The third-order valence-corrected chi connectivity index (χ3v) is 2.55. The van der Waals surface area contributed by atoms with Crippen LogP contribution in [-0.2, 0) is 0 Å². The summed E-state index contributed by atoms with van der Waals surface area (Å²) in [6, 6.07) is 7.66. The molecule has 1 saturated carbocycles. The van der Waals surface area contributed by atoms with Crippen LogP contribution in [0.1, 0.15) is 31.4 Å². The molecule has 0 radical (unpaired) electrons. The molecule has 0 bridgehead atoms. The summed E-state index contributed by atoms with van der Waals surface area (Å²) in [5.74, 6) is 1.69. The molecule has 1 atom stereocenters. The molecule has 2 heteroatoms. The van der Waals surface area contributed by atoms with Gasteiger partial charge in [-0.15, -0.1) is 0 Å².